The molecule has 1 aromatic heterocycles. The van der Waals surface area contributed by atoms with Gasteiger partial charge in [0.25, 0.3) is 0 Å². The standard InChI is InChI=1S/C19H16N2O3/c1-2-23-19(22)17-15-12-24-16-11-7-6-10-14(16)18(15)21(20-17)13-8-4-3-5-9-13/h3-11H,2,12H2,1H3. The minimum atomic E-state index is -0.425. The number of para-hydroxylation sites is 2. The summed E-state index contributed by atoms with van der Waals surface area (Å²) in [5.74, 6) is 0.365. The molecule has 0 amide bonds. The van der Waals surface area contributed by atoms with Gasteiger partial charge in [-0.2, -0.15) is 5.10 Å². The van der Waals surface area contributed by atoms with E-state index in [2.05, 4.69) is 5.10 Å². The summed E-state index contributed by atoms with van der Waals surface area (Å²) in [6.07, 6.45) is 0. The van der Waals surface area contributed by atoms with Crippen molar-refractivity contribution in [3.8, 4) is 22.7 Å². The summed E-state index contributed by atoms with van der Waals surface area (Å²) in [5, 5.41) is 4.54. The number of hydrogen-bond acceptors (Lipinski definition) is 4. The number of fused-ring (bicyclic) bond motifs is 3. The summed E-state index contributed by atoms with van der Waals surface area (Å²) in [4.78, 5) is 12.3. The third kappa shape index (κ3) is 2.25. The SMILES string of the molecule is CCOC(=O)c1nn(-c2ccccc2)c2c1COc1ccccc1-2. The second-order valence-corrected chi connectivity index (χ2v) is 5.43. The predicted octanol–water partition coefficient (Wildman–Crippen LogP) is 3.61. The first-order valence-corrected chi connectivity index (χ1v) is 7.86. The molecule has 0 spiro atoms. The van der Waals surface area contributed by atoms with Crippen LogP contribution in [-0.2, 0) is 11.3 Å². The van der Waals surface area contributed by atoms with E-state index in [-0.39, 0.29) is 0 Å². The largest absolute Gasteiger partial charge is 0.488 e. The van der Waals surface area contributed by atoms with Crippen LogP contribution in [0.5, 0.6) is 5.75 Å². The molecule has 5 heteroatoms. The van der Waals surface area contributed by atoms with E-state index < -0.39 is 5.97 Å². The molecule has 0 aliphatic carbocycles. The summed E-state index contributed by atoms with van der Waals surface area (Å²) in [5.41, 5.74) is 3.76. The highest BCUT2D eigenvalue weighted by Crippen LogP contribution is 2.39. The molecular weight excluding hydrogens is 304 g/mol. The van der Waals surface area contributed by atoms with Gasteiger partial charge in [0.1, 0.15) is 12.4 Å². The van der Waals surface area contributed by atoms with Gasteiger partial charge in [-0.1, -0.05) is 30.3 Å². The molecule has 0 radical (unpaired) electrons. The van der Waals surface area contributed by atoms with Crippen molar-refractivity contribution in [2.75, 3.05) is 6.61 Å². The fraction of sp³-hybridized carbons (Fsp3) is 0.158. The smallest absolute Gasteiger partial charge is 0.359 e. The van der Waals surface area contributed by atoms with Gasteiger partial charge in [-0.25, -0.2) is 9.48 Å². The minimum Gasteiger partial charge on any atom is -0.488 e. The predicted molar refractivity (Wildman–Crippen MR) is 89.3 cm³/mol. The molecule has 0 fully saturated rings. The van der Waals surface area contributed by atoms with Gasteiger partial charge in [-0.3, -0.25) is 0 Å². The normalized spacial score (nSPS) is 12.0. The third-order valence-electron chi connectivity index (χ3n) is 3.97. The molecule has 0 saturated carbocycles. The van der Waals surface area contributed by atoms with Crippen LogP contribution in [0.15, 0.2) is 54.6 Å². The maximum atomic E-state index is 12.3. The molecule has 0 atom stereocenters. The Morgan fingerprint density at radius 2 is 1.92 bits per heavy atom. The Morgan fingerprint density at radius 3 is 2.71 bits per heavy atom. The van der Waals surface area contributed by atoms with E-state index in [1.807, 2.05) is 54.6 Å². The van der Waals surface area contributed by atoms with Crippen molar-refractivity contribution in [3.63, 3.8) is 0 Å². The van der Waals surface area contributed by atoms with Crippen LogP contribution < -0.4 is 4.74 Å². The highest BCUT2D eigenvalue weighted by molar-refractivity contribution is 5.92. The molecule has 1 aliphatic rings. The second kappa shape index (κ2) is 5.85. The van der Waals surface area contributed by atoms with Crippen LogP contribution in [0.25, 0.3) is 16.9 Å². The molecule has 0 N–H and O–H groups in total. The van der Waals surface area contributed by atoms with Crippen molar-refractivity contribution in [1.82, 2.24) is 9.78 Å². The van der Waals surface area contributed by atoms with Gasteiger partial charge in [0.05, 0.1) is 23.6 Å². The molecular formula is C19H16N2O3. The molecule has 2 aromatic carbocycles. The first kappa shape index (κ1) is 14.5. The fourth-order valence-electron chi connectivity index (χ4n) is 2.92. The van der Waals surface area contributed by atoms with E-state index >= 15 is 0 Å². The molecule has 0 saturated heterocycles. The quantitative estimate of drug-likeness (QED) is 0.692. The van der Waals surface area contributed by atoms with Gasteiger partial charge in [-0.15, -0.1) is 0 Å². The van der Waals surface area contributed by atoms with E-state index in [0.29, 0.717) is 18.9 Å². The van der Waals surface area contributed by atoms with E-state index in [1.165, 1.54) is 0 Å². The van der Waals surface area contributed by atoms with Gasteiger partial charge in [0.2, 0.25) is 0 Å². The Kier molecular flexibility index (Phi) is 3.54. The zero-order chi connectivity index (χ0) is 16.5. The highest BCUT2D eigenvalue weighted by Gasteiger charge is 2.30. The lowest BCUT2D eigenvalue weighted by atomic mass is 10.0. The number of carbonyl (C=O) groups is 1. The molecule has 0 unspecified atom stereocenters. The van der Waals surface area contributed by atoms with Crippen molar-refractivity contribution < 1.29 is 14.3 Å². The van der Waals surface area contributed by atoms with Crippen molar-refractivity contribution >= 4 is 5.97 Å². The fourth-order valence-corrected chi connectivity index (χ4v) is 2.92. The molecule has 120 valence electrons. The van der Waals surface area contributed by atoms with E-state index in [1.54, 1.807) is 11.6 Å². The Balaban J connectivity index is 1.97. The number of carbonyl (C=O) groups excluding carboxylic acids is 1. The van der Waals surface area contributed by atoms with Crippen molar-refractivity contribution in [3.05, 3.63) is 65.9 Å². The minimum absolute atomic E-state index is 0.299. The van der Waals surface area contributed by atoms with Gasteiger partial charge in [0, 0.05) is 5.56 Å². The number of benzene rings is 2. The number of rotatable bonds is 3. The van der Waals surface area contributed by atoms with Gasteiger partial charge in [-0.05, 0) is 31.2 Å². The summed E-state index contributed by atoms with van der Waals surface area (Å²) in [6, 6.07) is 17.5. The Bertz CT molecular complexity index is 900. The molecule has 0 bridgehead atoms. The lowest BCUT2D eigenvalue weighted by molar-refractivity contribution is 0.0516. The second-order valence-electron chi connectivity index (χ2n) is 5.43. The van der Waals surface area contributed by atoms with E-state index in [0.717, 1.165) is 28.3 Å². The van der Waals surface area contributed by atoms with Crippen LogP contribution in [-0.4, -0.2) is 22.4 Å². The molecule has 1 aliphatic heterocycles. The monoisotopic (exact) mass is 320 g/mol. The van der Waals surface area contributed by atoms with Gasteiger partial charge >= 0.3 is 5.97 Å². The Hall–Kier alpha value is -3.08. The van der Waals surface area contributed by atoms with Gasteiger partial charge in [0.15, 0.2) is 5.69 Å². The molecule has 4 rings (SSSR count). The van der Waals surface area contributed by atoms with Crippen molar-refractivity contribution in [2.24, 2.45) is 0 Å². The number of aromatic nitrogens is 2. The lowest BCUT2D eigenvalue weighted by Crippen LogP contribution is -2.11. The third-order valence-corrected chi connectivity index (χ3v) is 3.97. The molecule has 2 heterocycles. The summed E-state index contributed by atoms with van der Waals surface area (Å²) in [6.45, 7) is 2.39. The maximum Gasteiger partial charge on any atom is 0.359 e. The van der Waals surface area contributed by atoms with Crippen LogP contribution in [0.4, 0.5) is 0 Å². The summed E-state index contributed by atoms with van der Waals surface area (Å²) in [7, 11) is 0. The van der Waals surface area contributed by atoms with Crippen LogP contribution >= 0.6 is 0 Å². The number of hydrogen-bond donors (Lipinski definition) is 0. The topological polar surface area (TPSA) is 53.3 Å². The number of esters is 1. The number of nitrogens with zero attached hydrogens (tertiary/aromatic N) is 2. The van der Waals surface area contributed by atoms with Crippen molar-refractivity contribution in [2.45, 2.75) is 13.5 Å². The Morgan fingerprint density at radius 1 is 1.17 bits per heavy atom. The van der Waals surface area contributed by atoms with Crippen LogP contribution in [0.3, 0.4) is 0 Å². The summed E-state index contributed by atoms with van der Waals surface area (Å²) < 4.78 is 12.8. The average molecular weight is 320 g/mol. The zero-order valence-corrected chi connectivity index (χ0v) is 13.2. The van der Waals surface area contributed by atoms with Crippen molar-refractivity contribution in [1.29, 1.82) is 0 Å². The van der Waals surface area contributed by atoms with Gasteiger partial charge < -0.3 is 9.47 Å². The van der Waals surface area contributed by atoms with E-state index in [4.69, 9.17) is 9.47 Å². The molecule has 3 aromatic rings. The first-order chi connectivity index (χ1) is 11.8. The van der Waals surface area contributed by atoms with Crippen LogP contribution in [0.1, 0.15) is 23.0 Å². The summed E-state index contributed by atoms with van der Waals surface area (Å²) >= 11 is 0. The Labute approximate surface area is 139 Å². The zero-order valence-electron chi connectivity index (χ0n) is 13.2. The van der Waals surface area contributed by atoms with E-state index in [9.17, 15) is 4.79 Å². The highest BCUT2D eigenvalue weighted by atomic mass is 16.5. The number of ether oxygens (including phenoxy) is 2. The maximum absolute atomic E-state index is 12.3. The average Bonchev–Trinajstić information content (AvgIpc) is 3.03. The lowest BCUT2D eigenvalue weighted by Gasteiger charge is -2.19. The van der Waals surface area contributed by atoms with Crippen LogP contribution in [0.2, 0.25) is 0 Å². The van der Waals surface area contributed by atoms with Crippen LogP contribution in [0, 0.1) is 0 Å². The molecule has 5 nitrogen and oxygen atoms in total. The first-order valence-electron chi connectivity index (χ1n) is 7.86. The molecule has 24 heavy (non-hydrogen) atoms.